The molecule has 142 valence electrons. The van der Waals surface area contributed by atoms with Crippen molar-refractivity contribution in [2.45, 2.75) is 32.1 Å². The molecule has 0 saturated heterocycles. The van der Waals surface area contributed by atoms with Gasteiger partial charge in [0, 0.05) is 29.2 Å². The third-order valence-corrected chi connectivity index (χ3v) is 5.49. The first-order chi connectivity index (χ1) is 13.7. The number of aryl methyl sites for hydroxylation is 1. The second kappa shape index (κ2) is 6.67. The van der Waals surface area contributed by atoms with Crippen LogP contribution in [-0.4, -0.2) is 28.6 Å². The fourth-order valence-electron chi connectivity index (χ4n) is 4.06. The number of aromatic nitrogens is 2. The smallest absolute Gasteiger partial charge is 0.293 e. The number of carbonyl (C=O) groups is 2. The Morgan fingerprint density at radius 3 is 2.89 bits per heavy atom. The van der Waals surface area contributed by atoms with E-state index in [1.165, 1.54) is 6.26 Å². The summed E-state index contributed by atoms with van der Waals surface area (Å²) in [5.74, 6) is -0.0831. The predicted molar refractivity (Wildman–Crippen MR) is 104 cm³/mol. The van der Waals surface area contributed by atoms with Crippen LogP contribution in [0.3, 0.4) is 0 Å². The first-order valence-corrected chi connectivity index (χ1v) is 9.56. The van der Waals surface area contributed by atoms with Crippen LogP contribution in [0.5, 0.6) is 0 Å². The largest absolute Gasteiger partial charge is 0.459 e. The molecule has 0 fully saturated rings. The molecule has 2 amide bonds. The van der Waals surface area contributed by atoms with Gasteiger partial charge in [-0.15, -0.1) is 0 Å². The maximum Gasteiger partial charge on any atom is 0.293 e. The Morgan fingerprint density at radius 2 is 2.04 bits per heavy atom. The van der Waals surface area contributed by atoms with Crippen molar-refractivity contribution in [2.75, 3.05) is 16.8 Å². The van der Waals surface area contributed by atoms with Crippen molar-refractivity contribution in [3.05, 3.63) is 64.9 Å². The number of fused-ring (bicyclic) bond motifs is 2. The third kappa shape index (κ3) is 2.79. The van der Waals surface area contributed by atoms with Crippen LogP contribution in [0.4, 0.5) is 11.4 Å². The van der Waals surface area contributed by atoms with Crippen LogP contribution in [0, 0.1) is 0 Å². The maximum absolute atomic E-state index is 12.8. The number of H-pyrrole nitrogens is 1. The molecule has 2 aromatic heterocycles. The summed E-state index contributed by atoms with van der Waals surface area (Å²) in [4.78, 5) is 27.1. The summed E-state index contributed by atoms with van der Waals surface area (Å²) in [7, 11) is 0. The van der Waals surface area contributed by atoms with Crippen LogP contribution in [0.25, 0.3) is 0 Å². The lowest BCUT2D eigenvalue weighted by molar-refractivity contribution is 0.0962. The second-order valence-corrected chi connectivity index (χ2v) is 7.22. The number of furan rings is 1. The van der Waals surface area contributed by atoms with Crippen LogP contribution in [0.1, 0.15) is 50.7 Å². The molecule has 7 heteroatoms. The molecular formula is C21H20N4O3. The van der Waals surface area contributed by atoms with Gasteiger partial charge in [-0.3, -0.25) is 14.7 Å². The predicted octanol–water partition coefficient (Wildman–Crippen LogP) is 3.34. The fourth-order valence-corrected chi connectivity index (χ4v) is 4.06. The van der Waals surface area contributed by atoms with Crippen molar-refractivity contribution in [3.63, 3.8) is 0 Å². The number of nitrogens with one attached hydrogen (secondary N) is 2. The van der Waals surface area contributed by atoms with E-state index in [2.05, 4.69) is 15.5 Å². The van der Waals surface area contributed by atoms with E-state index in [1.807, 2.05) is 18.2 Å². The highest BCUT2D eigenvalue weighted by Crippen LogP contribution is 2.32. The fraction of sp³-hybridized carbons (Fsp3) is 0.286. The minimum absolute atomic E-state index is 0.173. The highest BCUT2D eigenvalue weighted by molar-refractivity contribution is 6.07. The van der Waals surface area contributed by atoms with Crippen molar-refractivity contribution in [2.24, 2.45) is 0 Å². The number of rotatable bonds is 3. The van der Waals surface area contributed by atoms with E-state index in [9.17, 15) is 9.59 Å². The first kappa shape index (κ1) is 16.8. The van der Waals surface area contributed by atoms with Gasteiger partial charge in [0.25, 0.3) is 11.8 Å². The Balaban J connectivity index is 1.39. The zero-order chi connectivity index (χ0) is 19.1. The van der Waals surface area contributed by atoms with Gasteiger partial charge in [0.15, 0.2) is 11.5 Å². The van der Waals surface area contributed by atoms with Crippen LogP contribution in [0.2, 0.25) is 0 Å². The molecule has 3 heterocycles. The van der Waals surface area contributed by atoms with E-state index in [0.29, 0.717) is 23.7 Å². The van der Waals surface area contributed by atoms with E-state index in [1.54, 1.807) is 17.0 Å². The summed E-state index contributed by atoms with van der Waals surface area (Å²) in [6, 6.07) is 9.04. The zero-order valence-corrected chi connectivity index (χ0v) is 15.3. The quantitative estimate of drug-likeness (QED) is 0.733. The Hall–Kier alpha value is -3.35. The van der Waals surface area contributed by atoms with Crippen molar-refractivity contribution in [3.8, 4) is 0 Å². The lowest BCUT2D eigenvalue weighted by Gasteiger charge is -2.17. The Bertz CT molecular complexity index is 1050. The molecule has 2 N–H and O–H groups in total. The second-order valence-electron chi connectivity index (χ2n) is 7.22. The first-order valence-electron chi connectivity index (χ1n) is 9.56. The summed E-state index contributed by atoms with van der Waals surface area (Å²) in [5.41, 5.74) is 5.10. The van der Waals surface area contributed by atoms with Gasteiger partial charge in [0.2, 0.25) is 0 Å². The normalized spacial score (nSPS) is 15.2. The third-order valence-electron chi connectivity index (χ3n) is 5.49. The highest BCUT2D eigenvalue weighted by Gasteiger charge is 2.28. The Labute approximate surface area is 161 Å². The van der Waals surface area contributed by atoms with Crippen molar-refractivity contribution in [1.29, 1.82) is 0 Å². The lowest BCUT2D eigenvalue weighted by Crippen LogP contribution is -2.28. The van der Waals surface area contributed by atoms with E-state index in [4.69, 9.17) is 4.42 Å². The number of nitrogens with zero attached hydrogens (tertiary/aromatic N) is 2. The van der Waals surface area contributed by atoms with E-state index in [0.717, 1.165) is 54.6 Å². The van der Waals surface area contributed by atoms with Gasteiger partial charge < -0.3 is 14.6 Å². The number of anilines is 2. The van der Waals surface area contributed by atoms with Crippen molar-refractivity contribution in [1.82, 2.24) is 10.2 Å². The standard InChI is InChI=1S/C21H20N4O3/c26-20(19-15-4-1-2-5-16(15)23-24-19)22-14-8-7-13-9-10-25(17(13)12-14)21(27)18-6-3-11-28-18/h3,6-8,11-12H,1-2,4-5,9-10H2,(H,22,26)(H,23,24). The van der Waals surface area contributed by atoms with Crippen LogP contribution in [-0.2, 0) is 19.3 Å². The molecule has 5 rings (SSSR count). The van der Waals surface area contributed by atoms with Crippen LogP contribution < -0.4 is 10.2 Å². The number of amides is 2. The average Bonchev–Trinajstić information content (AvgIpc) is 3.46. The SMILES string of the molecule is O=C(Nc1ccc2c(c1)N(C(=O)c1ccco1)CC2)c1n[nH]c2c1CCCC2. The Kier molecular flexibility index (Phi) is 4.00. The molecule has 28 heavy (non-hydrogen) atoms. The maximum atomic E-state index is 12.8. The van der Waals surface area contributed by atoms with Gasteiger partial charge >= 0.3 is 0 Å². The van der Waals surface area contributed by atoms with Crippen molar-refractivity contribution >= 4 is 23.2 Å². The molecule has 2 aliphatic rings. The molecule has 3 aromatic rings. The molecular weight excluding hydrogens is 356 g/mol. The number of carbonyl (C=O) groups excluding carboxylic acids is 2. The number of benzene rings is 1. The van der Waals surface area contributed by atoms with Crippen LogP contribution >= 0.6 is 0 Å². The monoisotopic (exact) mass is 376 g/mol. The zero-order valence-electron chi connectivity index (χ0n) is 15.3. The van der Waals surface area contributed by atoms with Gasteiger partial charge in [-0.1, -0.05) is 6.07 Å². The van der Waals surface area contributed by atoms with E-state index < -0.39 is 0 Å². The number of hydrogen-bond acceptors (Lipinski definition) is 4. The Morgan fingerprint density at radius 1 is 1.14 bits per heavy atom. The minimum Gasteiger partial charge on any atom is -0.459 e. The minimum atomic E-state index is -0.221. The average molecular weight is 376 g/mol. The summed E-state index contributed by atoms with van der Waals surface area (Å²) in [6.07, 6.45) is 6.30. The molecule has 1 aliphatic heterocycles. The molecule has 0 bridgehead atoms. The van der Waals surface area contributed by atoms with E-state index >= 15 is 0 Å². The van der Waals surface area contributed by atoms with Gasteiger partial charge in [0.1, 0.15) is 0 Å². The molecule has 0 spiro atoms. The topological polar surface area (TPSA) is 91.2 Å². The van der Waals surface area contributed by atoms with Crippen molar-refractivity contribution < 1.29 is 14.0 Å². The van der Waals surface area contributed by atoms with Gasteiger partial charge in [-0.2, -0.15) is 5.10 Å². The molecule has 1 aromatic carbocycles. The van der Waals surface area contributed by atoms with E-state index in [-0.39, 0.29) is 11.8 Å². The molecule has 0 saturated carbocycles. The number of hydrogen-bond donors (Lipinski definition) is 2. The highest BCUT2D eigenvalue weighted by atomic mass is 16.3. The van der Waals surface area contributed by atoms with Gasteiger partial charge in [-0.05, 0) is 61.9 Å². The molecule has 0 radical (unpaired) electrons. The summed E-state index contributed by atoms with van der Waals surface area (Å²) < 4.78 is 5.25. The molecule has 0 atom stereocenters. The molecule has 7 nitrogen and oxygen atoms in total. The lowest BCUT2D eigenvalue weighted by atomic mass is 9.96. The summed E-state index contributed by atoms with van der Waals surface area (Å²) in [6.45, 7) is 0.596. The summed E-state index contributed by atoms with van der Waals surface area (Å²) >= 11 is 0. The van der Waals surface area contributed by atoms with Crippen LogP contribution in [0.15, 0.2) is 41.0 Å². The molecule has 0 unspecified atom stereocenters. The number of aromatic amines is 1. The molecule has 1 aliphatic carbocycles. The van der Waals surface area contributed by atoms with Gasteiger partial charge in [-0.25, -0.2) is 0 Å². The van der Waals surface area contributed by atoms with Gasteiger partial charge in [0.05, 0.1) is 6.26 Å². The summed E-state index contributed by atoms with van der Waals surface area (Å²) in [5, 5.41) is 10.2.